The zero-order valence-electron chi connectivity index (χ0n) is 15.8. The van der Waals surface area contributed by atoms with Crippen LogP contribution in [0, 0.1) is 0 Å². The third-order valence-electron chi connectivity index (χ3n) is 4.21. The second-order valence-corrected chi connectivity index (χ2v) is 7.32. The van der Waals surface area contributed by atoms with Crippen LogP contribution in [0.3, 0.4) is 0 Å². The molecule has 1 amide bonds. The van der Waals surface area contributed by atoms with Gasteiger partial charge in [0.1, 0.15) is 12.4 Å². The molecule has 0 spiro atoms. The highest BCUT2D eigenvalue weighted by Crippen LogP contribution is 2.24. The lowest BCUT2D eigenvalue weighted by Gasteiger charge is -2.19. The van der Waals surface area contributed by atoms with E-state index in [1.165, 1.54) is 11.1 Å². The number of rotatable bonds is 7. The molecule has 0 saturated carbocycles. The van der Waals surface area contributed by atoms with Gasteiger partial charge in [0.15, 0.2) is 0 Å². The minimum absolute atomic E-state index is 0.0240. The van der Waals surface area contributed by atoms with E-state index in [4.69, 9.17) is 4.74 Å². The Balaban J connectivity index is 1.70. The Morgan fingerprint density at radius 2 is 1.56 bits per heavy atom. The summed E-state index contributed by atoms with van der Waals surface area (Å²) in [6, 6.07) is 16.3. The van der Waals surface area contributed by atoms with Gasteiger partial charge in [0.25, 0.3) is 0 Å². The van der Waals surface area contributed by atoms with Crippen LogP contribution >= 0.6 is 0 Å². The summed E-state index contributed by atoms with van der Waals surface area (Å²) >= 11 is 0. The second-order valence-electron chi connectivity index (χ2n) is 7.32. The summed E-state index contributed by atoms with van der Waals surface area (Å²) in [5.41, 5.74) is 3.74. The van der Waals surface area contributed by atoms with Crippen LogP contribution in [0.2, 0.25) is 0 Å². The molecule has 0 radical (unpaired) electrons. The molecule has 0 aliphatic heterocycles. The first-order valence-electron chi connectivity index (χ1n) is 8.96. The number of carbonyl (C=O) groups excluding carboxylic acids is 1. The van der Waals surface area contributed by atoms with Gasteiger partial charge >= 0.3 is 0 Å². The van der Waals surface area contributed by atoms with Crippen LogP contribution in [0.5, 0.6) is 5.75 Å². The standard InChI is InChI=1S/C22H29NO2/c1-5-17-6-8-18(9-7-17)16-21(24)23-14-15-25-20-12-10-19(11-13-20)22(2,3)4/h6-13H,5,14-16H2,1-4H3,(H,23,24). The first-order valence-corrected chi connectivity index (χ1v) is 8.96. The van der Waals surface area contributed by atoms with Gasteiger partial charge in [-0.15, -0.1) is 0 Å². The molecule has 0 fully saturated rings. The number of hydrogen-bond acceptors (Lipinski definition) is 2. The van der Waals surface area contributed by atoms with Crippen molar-refractivity contribution in [1.29, 1.82) is 0 Å². The lowest BCUT2D eigenvalue weighted by atomic mass is 9.87. The number of aryl methyl sites for hydroxylation is 1. The van der Waals surface area contributed by atoms with E-state index in [1.807, 2.05) is 24.3 Å². The lowest BCUT2D eigenvalue weighted by molar-refractivity contribution is -0.120. The smallest absolute Gasteiger partial charge is 0.224 e. The van der Waals surface area contributed by atoms with Gasteiger partial charge in [-0.05, 0) is 40.7 Å². The predicted molar refractivity (Wildman–Crippen MR) is 103 cm³/mol. The molecule has 2 rings (SSSR count). The first kappa shape index (κ1) is 19.0. The maximum absolute atomic E-state index is 12.0. The van der Waals surface area contributed by atoms with E-state index in [0.29, 0.717) is 19.6 Å². The Morgan fingerprint density at radius 3 is 2.12 bits per heavy atom. The molecule has 134 valence electrons. The normalized spacial score (nSPS) is 11.2. The van der Waals surface area contributed by atoms with Gasteiger partial charge in [0, 0.05) is 0 Å². The molecular weight excluding hydrogens is 310 g/mol. The molecule has 3 nitrogen and oxygen atoms in total. The van der Waals surface area contributed by atoms with E-state index in [1.54, 1.807) is 0 Å². The van der Waals surface area contributed by atoms with E-state index in [0.717, 1.165) is 17.7 Å². The minimum Gasteiger partial charge on any atom is -0.492 e. The van der Waals surface area contributed by atoms with Crippen molar-refractivity contribution in [3.8, 4) is 5.75 Å². The number of nitrogens with one attached hydrogen (secondary N) is 1. The van der Waals surface area contributed by atoms with Crippen molar-refractivity contribution >= 4 is 5.91 Å². The number of hydrogen-bond donors (Lipinski definition) is 1. The number of amides is 1. The topological polar surface area (TPSA) is 38.3 Å². The van der Waals surface area contributed by atoms with Gasteiger partial charge in [-0.3, -0.25) is 4.79 Å². The molecule has 0 unspecified atom stereocenters. The zero-order chi connectivity index (χ0) is 18.3. The molecule has 3 heteroatoms. The second kappa shape index (κ2) is 8.70. The number of carbonyl (C=O) groups is 1. The molecule has 0 aliphatic rings. The fraction of sp³-hybridized carbons (Fsp3) is 0.409. The molecule has 0 heterocycles. The zero-order valence-corrected chi connectivity index (χ0v) is 15.8. The average molecular weight is 339 g/mol. The van der Waals surface area contributed by atoms with Gasteiger partial charge in [-0.25, -0.2) is 0 Å². The molecule has 25 heavy (non-hydrogen) atoms. The molecule has 0 aliphatic carbocycles. The summed E-state index contributed by atoms with van der Waals surface area (Å²) in [5.74, 6) is 0.855. The first-order chi connectivity index (χ1) is 11.9. The van der Waals surface area contributed by atoms with Gasteiger partial charge in [0.05, 0.1) is 13.0 Å². The molecular formula is C22H29NO2. The summed E-state index contributed by atoms with van der Waals surface area (Å²) in [6.07, 6.45) is 1.42. The van der Waals surface area contributed by atoms with Crippen molar-refractivity contribution in [3.63, 3.8) is 0 Å². The van der Waals surface area contributed by atoms with Crippen LogP contribution in [-0.2, 0) is 23.1 Å². The maximum atomic E-state index is 12.0. The van der Waals surface area contributed by atoms with Crippen molar-refractivity contribution < 1.29 is 9.53 Å². The Labute approximate surface area is 151 Å². The van der Waals surface area contributed by atoms with E-state index < -0.39 is 0 Å². The van der Waals surface area contributed by atoms with Crippen LogP contribution in [-0.4, -0.2) is 19.1 Å². The molecule has 0 atom stereocenters. The summed E-state index contributed by atoms with van der Waals surface area (Å²) < 4.78 is 5.69. The van der Waals surface area contributed by atoms with E-state index in [9.17, 15) is 4.79 Å². The van der Waals surface area contributed by atoms with Crippen molar-refractivity contribution in [3.05, 3.63) is 65.2 Å². The molecule has 0 bridgehead atoms. The average Bonchev–Trinajstić information content (AvgIpc) is 2.59. The molecule has 2 aromatic rings. The highest BCUT2D eigenvalue weighted by molar-refractivity contribution is 5.78. The fourth-order valence-electron chi connectivity index (χ4n) is 2.55. The van der Waals surface area contributed by atoms with Crippen LogP contribution in [0.15, 0.2) is 48.5 Å². The van der Waals surface area contributed by atoms with Crippen LogP contribution in [0.25, 0.3) is 0 Å². The highest BCUT2D eigenvalue weighted by Gasteiger charge is 2.12. The quantitative estimate of drug-likeness (QED) is 0.765. The molecule has 0 aromatic heterocycles. The van der Waals surface area contributed by atoms with E-state index in [2.05, 4.69) is 57.3 Å². The lowest BCUT2D eigenvalue weighted by Crippen LogP contribution is -2.29. The summed E-state index contributed by atoms with van der Waals surface area (Å²) in [6.45, 7) is 9.66. The molecule has 0 saturated heterocycles. The number of ether oxygens (including phenoxy) is 1. The Bertz CT molecular complexity index is 667. The van der Waals surface area contributed by atoms with Crippen molar-refractivity contribution in [2.24, 2.45) is 0 Å². The van der Waals surface area contributed by atoms with E-state index >= 15 is 0 Å². The fourth-order valence-corrected chi connectivity index (χ4v) is 2.55. The van der Waals surface area contributed by atoms with Crippen LogP contribution in [0.1, 0.15) is 44.4 Å². The third kappa shape index (κ3) is 6.26. The monoisotopic (exact) mass is 339 g/mol. The predicted octanol–water partition coefficient (Wildman–Crippen LogP) is 4.28. The number of benzene rings is 2. The highest BCUT2D eigenvalue weighted by atomic mass is 16.5. The maximum Gasteiger partial charge on any atom is 0.224 e. The Morgan fingerprint density at radius 1 is 0.960 bits per heavy atom. The van der Waals surface area contributed by atoms with Crippen LogP contribution in [0.4, 0.5) is 0 Å². The summed E-state index contributed by atoms with van der Waals surface area (Å²) in [5, 5.41) is 2.90. The van der Waals surface area contributed by atoms with Crippen LogP contribution < -0.4 is 10.1 Å². The van der Waals surface area contributed by atoms with E-state index in [-0.39, 0.29) is 11.3 Å². The minimum atomic E-state index is 0.0240. The summed E-state index contributed by atoms with van der Waals surface area (Å²) in [7, 11) is 0. The Kier molecular flexibility index (Phi) is 6.63. The van der Waals surface area contributed by atoms with Crippen molar-refractivity contribution in [2.45, 2.75) is 46.0 Å². The van der Waals surface area contributed by atoms with Gasteiger partial charge in [0.2, 0.25) is 5.91 Å². The SMILES string of the molecule is CCc1ccc(CC(=O)NCCOc2ccc(C(C)(C)C)cc2)cc1. The van der Waals surface area contributed by atoms with Crippen molar-refractivity contribution in [1.82, 2.24) is 5.32 Å². The molecule has 1 N–H and O–H groups in total. The van der Waals surface area contributed by atoms with Gasteiger partial charge in [-0.1, -0.05) is 64.1 Å². The Hall–Kier alpha value is -2.29. The largest absolute Gasteiger partial charge is 0.492 e. The van der Waals surface area contributed by atoms with Gasteiger partial charge < -0.3 is 10.1 Å². The molecule has 2 aromatic carbocycles. The summed E-state index contributed by atoms with van der Waals surface area (Å²) in [4.78, 5) is 12.0. The van der Waals surface area contributed by atoms with Crippen molar-refractivity contribution in [2.75, 3.05) is 13.2 Å². The van der Waals surface area contributed by atoms with Gasteiger partial charge in [-0.2, -0.15) is 0 Å². The third-order valence-corrected chi connectivity index (χ3v) is 4.21.